The number of carboxylic acid groups (broad SMARTS) is 1. The molecule has 0 aliphatic rings. The van der Waals surface area contributed by atoms with E-state index >= 15 is 0 Å². The third kappa shape index (κ3) is 5.69. The van der Waals surface area contributed by atoms with Crippen LogP contribution in [0.25, 0.3) is 0 Å². The summed E-state index contributed by atoms with van der Waals surface area (Å²) in [6.07, 6.45) is -0.307. The third-order valence-electron chi connectivity index (χ3n) is 3.87. The van der Waals surface area contributed by atoms with Crippen molar-refractivity contribution < 1.29 is 24.0 Å². The minimum Gasteiger partial charge on any atom is -0.480 e. The number of alkyl carbamates (subject to hydrolysis) is 1. The lowest BCUT2D eigenvalue weighted by Gasteiger charge is -2.22. The van der Waals surface area contributed by atoms with Crippen LogP contribution in [0.1, 0.15) is 57.9 Å². The molecule has 2 rings (SSSR count). The van der Waals surface area contributed by atoms with Gasteiger partial charge in [-0.05, 0) is 52.3 Å². The van der Waals surface area contributed by atoms with Gasteiger partial charge >= 0.3 is 12.1 Å². The van der Waals surface area contributed by atoms with Gasteiger partial charge in [-0.1, -0.05) is 28.9 Å². The number of carbonyl (C=O) groups excluding carboxylic acids is 1. The zero-order chi connectivity index (χ0) is 21.1. The van der Waals surface area contributed by atoms with Crippen LogP contribution >= 0.6 is 11.6 Å². The van der Waals surface area contributed by atoms with Gasteiger partial charge in [0.05, 0.1) is 6.04 Å². The van der Waals surface area contributed by atoms with Gasteiger partial charge in [0.15, 0.2) is 5.82 Å². The van der Waals surface area contributed by atoms with E-state index in [2.05, 4.69) is 15.5 Å². The molecule has 9 heteroatoms. The number of nitrogens with zero attached hydrogens (tertiary/aromatic N) is 2. The first-order chi connectivity index (χ1) is 12.9. The summed E-state index contributed by atoms with van der Waals surface area (Å²) < 4.78 is 10.5. The van der Waals surface area contributed by atoms with E-state index in [1.807, 2.05) is 12.1 Å². The molecule has 28 heavy (non-hydrogen) atoms. The normalized spacial score (nSPS) is 13.1. The van der Waals surface area contributed by atoms with Gasteiger partial charge in [0.1, 0.15) is 11.0 Å². The highest BCUT2D eigenvalue weighted by Gasteiger charge is 2.37. The SMILES string of the molecule is CC(C)(C)OC(=O)N[C@@H](Cc1ccc(Cl)cc1)c1noc(C(C)(C)C(=O)O)n1. The number of ether oxygens (including phenoxy) is 1. The molecule has 0 aliphatic heterocycles. The number of carboxylic acids is 1. The largest absolute Gasteiger partial charge is 0.480 e. The molecule has 0 aliphatic carbocycles. The number of halogens is 1. The number of nitrogens with one attached hydrogen (secondary N) is 1. The Hall–Kier alpha value is -2.61. The van der Waals surface area contributed by atoms with E-state index in [1.54, 1.807) is 32.9 Å². The molecule has 2 aromatic rings. The molecular formula is C19H24ClN3O5. The van der Waals surface area contributed by atoms with Crippen molar-refractivity contribution >= 4 is 23.7 Å². The monoisotopic (exact) mass is 409 g/mol. The van der Waals surface area contributed by atoms with E-state index in [1.165, 1.54) is 13.8 Å². The molecule has 0 saturated carbocycles. The fraction of sp³-hybridized carbons (Fsp3) is 0.474. The Kier molecular flexibility index (Phi) is 6.34. The minimum absolute atomic E-state index is 0.0536. The van der Waals surface area contributed by atoms with E-state index in [4.69, 9.17) is 20.9 Å². The third-order valence-corrected chi connectivity index (χ3v) is 4.12. The Morgan fingerprint density at radius 3 is 2.36 bits per heavy atom. The molecule has 1 aromatic carbocycles. The van der Waals surface area contributed by atoms with Gasteiger partial charge in [-0.3, -0.25) is 4.79 Å². The average molecular weight is 410 g/mol. The van der Waals surface area contributed by atoms with Gasteiger partial charge in [-0.25, -0.2) is 4.79 Å². The van der Waals surface area contributed by atoms with Crippen molar-refractivity contribution in [2.45, 2.75) is 58.1 Å². The van der Waals surface area contributed by atoms with E-state index in [0.29, 0.717) is 11.4 Å². The number of hydrogen-bond acceptors (Lipinski definition) is 6. The van der Waals surface area contributed by atoms with Gasteiger partial charge in [-0.15, -0.1) is 0 Å². The zero-order valence-electron chi connectivity index (χ0n) is 16.4. The van der Waals surface area contributed by atoms with Crippen LogP contribution in [0, 0.1) is 0 Å². The van der Waals surface area contributed by atoms with Crippen molar-refractivity contribution in [3.05, 3.63) is 46.6 Å². The van der Waals surface area contributed by atoms with Crippen molar-refractivity contribution in [2.75, 3.05) is 0 Å². The Bertz CT molecular complexity index is 840. The van der Waals surface area contributed by atoms with Gasteiger partial charge in [0.2, 0.25) is 5.89 Å². The number of carbonyl (C=O) groups is 2. The lowest BCUT2D eigenvalue weighted by atomic mass is 9.94. The van der Waals surface area contributed by atoms with Crippen molar-refractivity contribution in [3.8, 4) is 0 Å². The Balaban J connectivity index is 2.29. The van der Waals surface area contributed by atoms with Crippen LogP contribution in [-0.2, 0) is 21.4 Å². The van der Waals surface area contributed by atoms with Crippen molar-refractivity contribution in [2.24, 2.45) is 0 Å². The molecule has 152 valence electrons. The molecule has 0 unspecified atom stereocenters. The molecule has 1 amide bonds. The van der Waals surface area contributed by atoms with Crippen LogP contribution in [0.5, 0.6) is 0 Å². The highest BCUT2D eigenvalue weighted by atomic mass is 35.5. The van der Waals surface area contributed by atoms with Crippen molar-refractivity contribution in [1.82, 2.24) is 15.5 Å². The molecular weight excluding hydrogens is 386 g/mol. The molecule has 0 fully saturated rings. The molecule has 0 bridgehead atoms. The number of benzene rings is 1. The van der Waals surface area contributed by atoms with Crippen LogP contribution in [-0.4, -0.2) is 32.9 Å². The van der Waals surface area contributed by atoms with Crippen molar-refractivity contribution in [1.29, 1.82) is 0 Å². The predicted molar refractivity (Wildman–Crippen MR) is 102 cm³/mol. The molecule has 8 nitrogen and oxygen atoms in total. The first kappa shape index (κ1) is 21.7. The van der Waals surface area contributed by atoms with E-state index in [0.717, 1.165) is 5.56 Å². The van der Waals surface area contributed by atoms with E-state index < -0.39 is 29.1 Å². The maximum absolute atomic E-state index is 12.3. The topological polar surface area (TPSA) is 115 Å². The zero-order valence-corrected chi connectivity index (χ0v) is 17.2. The summed E-state index contributed by atoms with van der Waals surface area (Å²) in [5.74, 6) is -0.996. The van der Waals surface area contributed by atoms with E-state index in [-0.39, 0.29) is 11.7 Å². The molecule has 0 spiro atoms. The number of amides is 1. The summed E-state index contributed by atoms with van der Waals surface area (Å²) in [6, 6.07) is 6.41. The number of hydrogen-bond donors (Lipinski definition) is 2. The highest BCUT2D eigenvalue weighted by Crippen LogP contribution is 2.25. The van der Waals surface area contributed by atoms with Crippen LogP contribution in [0.4, 0.5) is 4.79 Å². The summed E-state index contributed by atoms with van der Waals surface area (Å²) in [7, 11) is 0. The maximum Gasteiger partial charge on any atom is 0.408 e. The fourth-order valence-corrected chi connectivity index (χ4v) is 2.36. The van der Waals surface area contributed by atoms with Crippen molar-refractivity contribution in [3.63, 3.8) is 0 Å². The highest BCUT2D eigenvalue weighted by molar-refractivity contribution is 6.30. The Labute approximate surface area is 168 Å². The van der Waals surface area contributed by atoms with Gasteiger partial charge in [-0.2, -0.15) is 4.98 Å². The molecule has 1 heterocycles. The average Bonchev–Trinajstić information content (AvgIpc) is 3.05. The van der Waals surface area contributed by atoms with Crippen LogP contribution in [0.2, 0.25) is 5.02 Å². The van der Waals surface area contributed by atoms with Crippen LogP contribution in [0.15, 0.2) is 28.8 Å². The number of rotatable bonds is 6. The summed E-state index contributed by atoms with van der Waals surface area (Å²) in [5.41, 5.74) is -1.17. The van der Waals surface area contributed by atoms with Gasteiger partial charge in [0, 0.05) is 11.4 Å². The summed E-state index contributed by atoms with van der Waals surface area (Å²) in [6.45, 7) is 8.18. The molecule has 2 N–H and O–H groups in total. The maximum atomic E-state index is 12.3. The molecule has 0 radical (unpaired) electrons. The standard InChI is InChI=1S/C19H24ClN3O5/c1-18(2,3)27-17(26)21-13(10-11-6-8-12(20)9-7-11)14-22-15(28-23-14)19(4,5)16(24)25/h6-9,13H,10H2,1-5H3,(H,21,26)(H,24,25)/t13-/m0/s1. The van der Waals surface area contributed by atoms with E-state index in [9.17, 15) is 14.7 Å². The second-order valence-corrected chi connectivity index (χ2v) is 8.35. The second-order valence-electron chi connectivity index (χ2n) is 7.92. The second kappa shape index (κ2) is 8.18. The first-order valence-electron chi connectivity index (χ1n) is 8.70. The van der Waals surface area contributed by atoms with Crippen LogP contribution < -0.4 is 5.32 Å². The summed E-state index contributed by atoms with van der Waals surface area (Å²) in [5, 5.41) is 16.5. The molecule has 1 aromatic heterocycles. The number of aromatic nitrogens is 2. The van der Waals surface area contributed by atoms with Crippen LogP contribution in [0.3, 0.4) is 0 Å². The first-order valence-corrected chi connectivity index (χ1v) is 9.08. The molecule has 0 saturated heterocycles. The summed E-state index contributed by atoms with van der Waals surface area (Å²) >= 11 is 5.92. The Morgan fingerprint density at radius 1 is 1.21 bits per heavy atom. The summed E-state index contributed by atoms with van der Waals surface area (Å²) in [4.78, 5) is 27.9. The fourth-order valence-electron chi connectivity index (χ4n) is 2.23. The quantitative estimate of drug-likeness (QED) is 0.743. The minimum atomic E-state index is -1.36. The lowest BCUT2D eigenvalue weighted by Crippen LogP contribution is -2.36. The molecule has 1 atom stereocenters. The van der Waals surface area contributed by atoms with Gasteiger partial charge in [0.25, 0.3) is 0 Å². The predicted octanol–water partition coefficient (Wildman–Crippen LogP) is 3.89. The number of aliphatic carboxylic acids is 1. The Morgan fingerprint density at radius 2 is 1.82 bits per heavy atom. The lowest BCUT2D eigenvalue weighted by molar-refractivity contribution is -0.143. The van der Waals surface area contributed by atoms with Gasteiger partial charge < -0.3 is 19.7 Å². The smallest absolute Gasteiger partial charge is 0.408 e.